The molecule has 98 valence electrons. The van der Waals surface area contributed by atoms with E-state index >= 15 is 0 Å². The molecule has 0 aromatic heterocycles. The van der Waals surface area contributed by atoms with Crippen molar-refractivity contribution in [3.8, 4) is 5.75 Å². The van der Waals surface area contributed by atoms with E-state index in [2.05, 4.69) is 17.9 Å². The topological polar surface area (TPSA) is 41.6 Å². The smallest absolute Gasteiger partial charge is 0.318 e. The van der Waals surface area contributed by atoms with Crippen molar-refractivity contribution in [2.75, 3.05) is 25.4 Å². The summed E-state index contributed by atoms with van der Waals surface area (Å²) in [5, 5.41) is 2.97. The van der Waals surface area contributed by atoms with Crippen molar-refractivity contribution >= 4 is 18.7 Å². The van der Waals surface area contributed by atoms with Gasteiger partial charge in [0.05, 0.1) is 12.6 Å². The standard InChI is InChI=1S/C13H18N2O2S/c1-2-17-11-5-3-10(4-6-11)12-9-15(7-8-18)13(16)14-12/h3-6,12,18H,2,7-9H2,1H3,(H,14,16). The molecule has 0 bridgehead atoms. The molecule has 0 radical (unpaired) electrons. The van der Waals surface area contributed by atoms with Crippen LogP contribution in [0.5, 0.6) is 5.75 Å². The van der Waals surface area contributed by atoms with Gasteiger partial charge < -0.3 is 15.0 Å². The number of urea groups is 1. The van der Waals surface area contributed by atoms with Gasteiger partial charge in [-0.3, -0.25) is 0 Å². The van der Waals surface area contributed by atoms with E-state index < -0.39 is 0 Å². The second kappa shape index (κ2) is 6.00. The Balaban J connectivity index is 2.02. The van der Waals surface area contributed by atoms with Crippen LogP contribution in [0.1, 0.15) is 18.5 Å². The summed E-state index contributed by atoms with van der Waals surface area (Å²) in [5.41, 5.74) is 1.11. The molecule has 1 heterocycles. The predicted octanol–water partition coefficient (Wildman–Crippen LogP) is 2.08. The zero-order chi connectivity index (χ0) is 13.0. The molecule has 5 heteroatoms. The lowest BCUT2D eigenvalue weighted by molar-refractivity contribution is 0.220. The minimum atomic E-state index is -0.0112. The second-order valence-corrected chi connectivity index (χ2v) is 4.62. The first kappa shape index (κ1) is 13.1. The number of amides is 2. The molecule has 1 aromatic rings. The Labute approximate surface area is 113 Å². The van der Waals surface area contributed by atoms with E-state index in [1.165, 1.54) is 0 Å². The van der Waals surface area contributed by atoms with Crippen molar-refractivity contribution in [1.82, 2.24) is 10.2 Å². The average molecular weight is 266 g/mol. The van der Waals surface area contributed by atoms with Crippen molar-refractivity contribution in [1.29, 1.82) is 0 Å². The maximum absolute atomic E-state index is 11.7. The summed E-state index contributed by atoms with van der Waals surface area (Å²) in [4.78, 5) is 13.5. The Bertz CT molecular complexity index is 408. The molecular weight excluding hydrogens is 248 g/mol. The fourth-order valence-electron chi connectivity index (χ4n) is 2.05. The number of ether oxygens (including phenoxy) is 1. The zero-order valence-electron chi connectivity index (χ0n) is 10.4. The third-order valence-electron chi connectivity index (χ3n) is 2.95. The molecule has 1 N–H and O–H groups in total. The van der Waals surface area contributed by atoms with Crippen molar-refractivity contribution in [2.45, 2.75) is 13.0 Å². The normalized spacial score (nSPS) is 18.9. The van der Waals surface area contributed by atoms with Gasteiger partial charge in [-0.25, -0.2) is 4.79 Å². The van der Waals surface area contributed by atoms with Crippen LogP contribution in [0.3, 0.4) is 0 Å². The number of thiol groups is 1. The van der Waals surface area contributed by atoms with Gasteiger partial charge in [0.1, 0.15) is 5.75 Å². The van der Waals surface area contributed by atoms with Crippen molar-refractivity contribution in [2.24, 2.45) is 0 Å². The highest BCUT2D eigenvalue weighted by molar-refractivity contribution is 7.80. The van der Waals surface area contributed by atoms with Crippen LogP contribution in [0.2, 0.25) is 0 Å². The highest BCUT2D eigenvalue weighted by Gasteiger charge is 2.28. The Kier molecular flexibility index (Phi) is 4.36. The molecule has 1 aliphatic rings. The Hall–Kier alpha value is -1.36. The molecule has 1 aliphatic heterocycles. The number of carbonyl (C=O) groups excluding carboxylic acids is 1. The van der Waals surface area contributed by atoms with Gasteiger partial charge in [-0.2, -0.15) is 12.6 Å². The summed E-state index contributed by atoms with van der Waals surface area (Å²) in [7, 11) is 0. The molecule has 1 saturated heterocycles. The van der Waals surface area contributed by atoms with Crippen LogP contribution in [0.15, 0.2) is 24.3 Å². The van der Waals surface area contributed by atoms with Crippen molar-refractivity contribution in [3.63, 3.8) is 0 Å². The predicted molar refractivity (Wildman–Crippen MR) is 74.3 cm³/mol. The van der Waals surface area contributed by atoms with E-state index in [1.807, 2.05) is 31.2 Å². The molecule has 18 heavy (non-hydrogen) atoms. The van der Waals surface area contributed by atoms with Gasteiger partial charge in [0.2, 0.25) is 0 Å². The second-order valence-electron chi connectivity index (χ2n) is 4.17. The van der Waals surface area contributed by atoms with E-state index in [4.69, 9.17) is 4.74 Å². The van der Waals surface area contributed by atoms with E-state index in [1.54, 1.807) is 4.90 Å². The quantitative estimate of drug-likeness (QED) is 0.801. The highest BCUT2D eigenvalue weighted by atomic mass is 32.1. The molecule has 0 aliphatic carbocycles. The maximum atomic E-state index is 11.7. The lowest BCUT2D eigenvalue weighted by Crippen LogP contribution is -2.29. The number of nitrogens with zero attached hydrogens (tertiary/aromatic N) is 1. The zero-order valence-corrected chi connectivity index (χ0v) is 11.3. The van der Waals surface area contributed by atoms with E-state index in [0.29, 0.717) is 25.4 Å². The van der Waals surface area contributed by atoms with Crippen molar-refractivity contribution in [3.05, 3.63) is 29.8 Å². The van der Waals surface area contributed by atoms with Gasteiger partial charge in [-0.1, -0.05) is 12.1 Å². The molecule has 2 amide bonds. The van der Waals surface area contributed by atoms with Crippen LogP contribution < -0.4 is 10.1 Å². The summed E-state index contributed by atoms with van der Waals surface area (Å²) in [6, 6.07) is 7.93. The molecule has 0 spiro atoms. The van der Waals surface area contributed by atoms with Crippen molar-refractivity contribution < 1.29 is 9.53 Å². The van der Waals surface area contributed by atoms with Gasteiger partial charge in [0, 0.05) is 18.8 Å². The third kappa shape index (κ3) is 2.90. The van der Waals surface area contributed by atoms with Crippen LogP contribution in [-0.4, -0.2) is 36.4 Å². The Morgan fingerprint density at radius 1 is 1.44 bits per heavy atom. The molecule has 2 rings (SSSR count). The summed E-state index contributed by atoms with van der Waals surface area (Å²) < 4.78 is 5.40. The van der Waals surface area contributed by atoms with E-state index in [9.17, 15) is 4.79 Å². The molecule has 0 saturated carbocycles. The summed E-state index contributed by atoms with van der Waals surface area (Å²) in [5.74, 6) is 1.54. The first-order valence-corrected chi connectivity index (χ1v) is 6.77. The summed E-state index contributed by atoms with van der Waals surface area (Å²) in [6.45, 7) is 4.01. The number of rotatable bonds is 5. The number of hydrogen-bond donors (Lipinski definition) is 2. The third-order valence-corrected chi connectivity index (χ3v) is 3.15. The number of nitrogens with one attached hydrogen (secondary N) is 1. The first-order valence-electron chi connectivity index (χ1n) is 6.13. The summed E-state index contributed by atoms with van der Waals surface area (Å²) in [6.07, 6.45) is 0. The molecule has 1 aromatic carbocycles. The minimum Gasteiger partial charge on any atom is -0.494 e. The number of hydrogen-bond acceptors (Lipinski definition) is 3. The molecule has 1 fully saturated rings. The molecule has 1 atom stereocenters. The highest BCUT2D eigenvalue weighted by Crippen LogP contribution is 2.22. The lowest BCUT2D eigenvalue weighted by Gasteiger charge is -2.13. The van der Waals surface area contributed by atoms with Gasteiger partial charge in [0.25, 0.3) is 0 Å². The van der Waals surface area contributed by atoms with Gasteiger partial charge in [0.15, 0.2) is 0 Å². The maximum Gasteiger partial charge on any atom is 0.318 e. The number of benzene rings is 1. The average Bonchev–Trinajstić information content (AvgIpc) is 2.73. The van der Waals surface area contributed by atoms with Crippen LogP contribution >= 0.6 is 12.6 Å². The van der Waals surface area contributed by atoms with Gasteiger partial charge >= 0.3 is 6.03 Å². The Morgan fingerprint density at radius 3 is 2.78 bits per heavy atom. The van der Waals surface area contributed by atoms with Crippen LogP contribution in [-0.2, 0) is 0 Å². The Morgan fingerprint density at radius 2 is 2.17 bits per heavy atom. The first-order chi connectivity index (χ1) is 8.74. The van der Waals surface area contributed by atoms with Crippen LogP contribution in [0.25, 0.3) is 0 Å². The monoisotopic (exact) mass is 266 g/mol. The largest absolute Gasteiger partial charge is 0.494 e. The van der Waals surface area contributed by atoms with E-state index in [-0.39, 0.29) is 12.1 Å². The molecule has 1 unspecified atom stereocenters. The molecular formula is C13H18N2O2S. The SMILES string of the molecule is CCOc1ccc(C2CN(CCS)C(=O)N2)cc1. The van der Waals surface area contributed by atoms with Gasteiger partial charge in [-0.05, 0) is 24.6 Å². The number of carbonyl (C=O) groups is 1. The van der Waals surface area contributed by atoms with Crippen LogP contribution in [0, 0.1) is 0 Å². The van der Waals surface area contributed by atoms with Crippen LogP contribution in [0.4, 0.5) is 4.79 Å². The molecule has 4 nitrogen and oxygen atoms in total. The van der Waals surface area contributed by atoms with E-state index in [0.717, 1.165) is 11.3 Å². The lowest BCUT2D eigenvalue weighted by atomic mass is 10.1. The summed E-state index contributed by atoms with van der Waals surface area (Å²) >= 11 is 4.15. The fourth-order valence-corrected chi connectivity index (χ4v) is 2.30. The van der Waals surface area contributed by atoms with Gasteiger partial charge in [-0.15, -0.1) is 0 Å². The fraction of sp³-hybridized carbons (Fsp3) is 0.462. The minimum absolute atomic E-state index is 0.0112.